The van der Waals surface area contributed by atoms with E-state index in [4.69, 9.17) is 4.74 Å². The van der Waals surface area contributed by atoms with Crippen molar-refractivity contribution < 1.29 is 23.1 Å². The lowest BCUT2D eigenvalue weighted by molar-refractivity contribution is -0.146. The van der Waals surface area contributed by atoms with Crippen LogP contribution in [0.15, 0.2) is 46.7 Å². The minimum Gasteiger partial charge on any atom is -0.455 e. The molecule has 0 spiro atoms. The van der Waals surface area contributed by atoms with Crippen molar-refractivity contribution in [2.75, 3.05) is 11.9 Å². The Bertz CT molecular complexity index is 663. The number of rotatable bonds is 7. The van der Waals surface area contributed by atoms with Crippen molar-refractivity contribution in [3.8, 4) is 0 Å². The maximum absolute atomic E-state index is 12.5. The van der Waals surface area contributed by atoms with Gasteiger partial charge in [-0.1, -0.05) is 30.0 Å². The molecule has 0 atom stereocenters. The first-order chi connectivity index (χ1) is 11.0. The molecule has 2 rings (SSSR count). The smallest absolute Gasteiger partial charge is 0.311 e. The second kappa shape index (κ2) is 8.64. The van der Waals surface area contributed by atoms with Crippen molar-refractivity contribution in [3.63, 3.8) is 0 Å². The lowest BCUT2D eigenvalue weighted by Gasteiger charge is -2.10. The molecule has 0 aliphatic rings. The Kier molecular flexibility index (Phi) is 6.54. The standard InChI is InChI=1S/C15H13F2NO3S2/c16-15(17)23-12-6-2-1-5-11(12)18-13(19)9-21-14(20)8-10-4-3-7-22-10/h1-7,15H,8-9H2,(H,18,19). The van der Waals surface area contributed by atoms with Crippen molar-refractivity contribution >= 4 is 40.7 Å². The van der Waals surface area contributed by atoms with E-state index in [1.165, 1.54) is 23.5 Å². The number of carbonyl (C=O) groups excluding carboxylic acids is 2. The second-order valence-corrected chi connectivity index (χ2v) is 6.40. The summed E-state index contributed by atoms with van der Waals surface area (Å²) in [5, 5.41) is 4.30. The molecule has 8 heteroatoms. The van der Waals surface area contributed by atoms with Crippen molar-refractivity contribution in [2.45, 2.75) is 17.1 Å². The van der Waals surface area contributed by atoms with Gasteiger partial charge in [0.05, 0.1) is 12.1 Å². The van der Waals surface area contributed by atoms with Gasteiger partial charge in [-0.2, -0.15) is 8.78 Å². The first kappa shape index (κ1) is 17.4. The van der Waals surface area contributed by atoms with Gasteiger partial charge >= 0.3 is 5.97 Å². The number of thioether (sulfide) groups is 1. The SMILES string of the molecule is O=C(COC(=O)Cc1cccs1)Nc1ccccc1SC(F)F. The van der Waals surface area contributed by atoms with Crippen molar-refractivity contribution in [1.82, 2.24) is 0 Å². The number of anilines is 1. The molecule has 0 fully saturated rings. The fourth-order valence-electron chi connectivity index (χ4n) is 1.71. The third-order valence-corrected chi connectivity index (χ3v) is 4.30. The maximum Gasteiger partial charge on any atom is 0.311 e. The van der Waals surface area contributed by atoms with Gasteiger partial charge < -0.3 is 10.1 Å². The Morgan fingerprint density at radius 2 is 2.00 bits per heavy atom. The van der Waals surface area contributed by atoms with Crippen LogP contribution in [0.1, 0.15) is 4.88 Å². The van der Waals surface area contributed by atoms with Gasteiger partial charge in [0.2, 0.25) is 0 Å². The lowest BCUT2D eigenvalue weighted by atomic mass is 10.3. The summed E-state index contributed by atoms with van der Waals surface area (Å²) in [7, 11) is 0. The van der Waals surface area contributed by atoms with E-state index in [0.29, 0.717) is 11.8 Å². The van der Waals surface area contributed by atoms with Crippen LogP contribution in [0.2, 0.25) is 0 Å². The van der Waals surface area contributed by atoms with Crippen molar-refractivity contribution in [2.24, 2.45) is 0 Å². The largest absolute Gasteiger partial charge is 0.455 e. The van der Waals surface area contributed by atoms with Gasteiger partial charge in [0, 0.05) is 9.77 Å². The molecule has 0 bridgehead atoms. The third kappa shape index (κ3) is 5.99. The average molecular weight is 357 g/mol. The Morgan fingerprint density at radius 3 is 2.70 bits per heavy atom. The minimum atomic E-state index is -2.59. The topological polar surface area (TPSA) is 55.4 Å². The number of amides is 1. The normalized spacial score (nSPS) is 10.6. The molecule has 1 aromatic carbocycles. The fourth-order valence-corrected chi connectivity index (χ4v) is 2.99. The number of esters is 1. The van der Waals surface area contributed by atoms with E-state index in [9.17, 15) is 18.4 Å². The van der Waals surface area contributed by atoms with E-state index in [1.807, 2.05) is 11.4 Å². The van der Waals surface area contributed by atoms with Crippen LogP contribution in [0.3, 0.4) is 0 Å². The van der Waals surface area contributed by atoms with Gasteiger partial charge in [-0.15, -0.1) is 11.3 Å². The number of hydrogen-bond donors (Lipinski definition) is 1. The quantitative estimate of drug-likeness (QED) is 0.605. The molecular formula is C15H13F2NO3S2. The molecule has 1 aromatic heterocycles. The summed E-state index contributed by atoms with van der Waals surface area (Å²) in [5.74, 6) is -3.68. The molecule has 1 heterocycles. The van der Waals surface area contributed by atoms with Crippen LogP contribution in [0.5, 0.6) is 0 Å². The molecule has 23 heavy (non-hydrogen) atoms. The van der Waals surface area contributed by atoms with E-state index in [2.05, 4.69) is 5.32 Å². The zero-order valence-corrected chi connectivity index (χ0v) is 13.5. The van der Waals surface area contributed by atoms with Crippen LogP contribution in [0, 0.1) is 0 Å². The third-order valence-electron chi connectivity index (χ3n) is 2.64. The highest BCUT2D eigenvalue weighted by Crippen LogP contribution is 2.31. The predicted molar refractivity (Wildman–Crippen MR) is 85.9 cm³/mol. The molecule has 0 saturated carbocycles. The van der Waals surface area contributed by atoms with E-state index in [-0.39, 0.29) is 17.0 Å². The Morgan fingerprint density at radius 1 is 1.22 bits per heavy atom. The van der Waals surface area contributed by atoms with Crippen molar-refractivity contribution in [1.29, 1.82) is 0 Å². The predicted octanol–water partition coefficient (Wildman–Crippen LogP) is 3.79. The highest BCUT2D eigenvalue weighted by atomic mass is 32.2. The summed E-state index contributed by atoms with van der Waals surface area (Å²) in [4.78, 5) is 24.4. The number of halogens is 2. The Labute approximate surface area is 139 Å². The second-order valence-electron chi connectivity index (χ2n) is 4.34. The Hall–Kier alpha value is -1.93. The number of benzene rings is 1. The van der Waals surface area contributed by atoms with E-state index >= 15 is 0 Å². The summed E-state index contributed by atoms with van der Waals surface area (Å²) in [6.07, 6.45) is 0.1000. The average Bonchev–Trinajstić information content (AvgIpc) is 2.99. The first-order valence-electron chi connectivity index (χ1n) is 6.56. The summed E-state index contributed by atoms with van der Waals surface area (Å²) in [6, 6.07) is 9.82. The number of thiophene rings is 1. The first-order valence-corrected chi connectivity index (χ1v) is 8.32. The van der Waals surface area contributed by atoms with Crippen LogP contribution < -0.4 is 5.32 Å². The van der Waals surface area contributed by atoms with Gasteiger partial charge in [-0.05, 0) is 23.6 Å². The number of nitrogens with one attached hydrogen (secondary N) is 1. The summed E-state index contributed by atoms with van der Waals surface area (Å²) in [5.41, 5.74) is 0.261. The van der Waals surface area contributed by atoms with Gasteiger partial charge in [0.1, 0.15) is 0 Å². The highest BCUT2D eigenvalue weighted by Gasteiger charge is 2.13. The van der Waals surface area contributed by atoms with Crippen molar-refractivity contribution in [3.05, 3.63) is 46.7 Å². The van der Waals surface area contributed by atoms with Gasteiger partial charge in [0.25, 0.3) is 11.7 Å². The van der Waals surface area contributed by atoms with Gasteiger partial charge in [-0.3, -0.25) is 9.59 Å². The molecule has 0 aliphatic heterocycles. The summed E-state index contributed by atoms with van der Waals surface area (Å²) < 4.78 is 29.8. The molecule has 0 unspecified atom stereocenters. The van der Waals surface area contributed by atoms with Crippen LogP contribution in [-0.2, 0) is 20.7 Å². The highest BCUT2D eigenvalue weighted by molar-refractivity contribution is 7.99. The van der Waals surface area contributed by atoms with Crippen LogP contribution >= 0.6 is 23.1 Å². The number of para-hydroxylation sites is 1. The molecular weight excluding hydrogens is 344 g/mol. The maximum atomic E-state index is 12.5. The zero-order valence-electron chi connectivity index (χ0n) is 11.8. The summed E-state index contributed by atoms with van der Waals surface area (Å²) in [6.45, 7) is -0.460. The zero-order chi connectivity index (χ0) is 16.7. The lowest BCUT2D eigenvalue weighted by Crippen LogP contribution is -2.21. The molecule has 1 N–H and O–H groups in total. The number of alkyl halides is 2. The molecule has 122 valence electrons. The molecule has 0 radical (unpaired) electrons. The molecule has 0 aliphatic carbocycles. The minimum absolute atomic E-state index is 0.1000. The number of carbonyl (C=O) groups is 2. The molecule has 4 nitrogen and oxygen atoms in total. The van der Waals surface area contributed by atoms with E-state index in [1.54, 1.807) is 18.2 Å². The van der Waals surface area contributed by atoms with E-state index < -0.39 is 24.2 Å². The van der Waals surface area contributed by atoms with Crippen LogP contribution in [0.25, 0.3) is 0 Å². The number of ether oxygens (including phenoxy) is 1. The monoisotopic (exact) mass is 357 g/mol. The molecule has 0 saturated heterocycles. The fraction of sp³-hybridized carbons (Fsp3) is 0.200. The molecule has 2 aromatic rings. The van der Waals surface area contributed by atoms with Crippen LogP contribution in [-0.4, -0.2) is 24.2 Å². The van der Waals surface area contributed by atoms with Crippen LogP contribution in [0.4, 0.5) is 14.5 Å². The van der Waals surface area contributed by atoms with Gasteiger partial charge in [-0.25, -0.2) is 0 Å². The molecule has 1 amide bonds. The summed E-state index contributed by atoms with van der Waals surface area (Å²) >= 11 is 1.76. The number of hydrogen-bond acceptors (Lipinski definition) is 5. The van der Waals surface area contributed by atoms with E-state index in [0.717, 1.165) is 4.88 Å². The van der Waals surface area contributed by atoms with Gasteiger partial charge in [0.15, 0.2) is 6.61 Å². The Balaban J connectivity index is 1.84.